The Kier molecular flexibility index (Phi) is 2.87. The van der Waals surface area contributed by atoms with Crippen LogP contribution in [-0.2, 0) is 9.59 Å². The van der Waals surface area contributed by atoms with Crippen LogP contribution in [0.25, 0.3) is 0 Å². The van der Waals surface area contributed by atoms with E-state index in [4.69, 9.17) is 0 Å². The standard InChI is InChI=1S/C15H21N3O3/c19-12(8-18-13(20)1-2-14(18)21)17-15-6-9-3-10(7-15)5-11(4-9)16-15/h1-2,9-11,13,16,20H,3-8H2,(H,17,19). The van der Waals surface area contributed by atoms with Crippen molar-refractivity contribution >= 4 is 11.8 Å². The predicted molar refractivity (Wildman–Crippen MR) is 74.7 cm³/mol. The third-order valence-electron chi connectivity index (χ3n) is 5.36. The minimum atomic E-state index is -0.979. The maximum Gasteiger partial charge on any atom is 0.249 e. The second-order valence-electron chi connectivity index (χ2n) is 7.06. The van der Waals surface area contributed by atoms with E-state index in [2.05, 4.69) is 10.6 Å². The highest BCUT2D eigenvalue weighted by Gasteiger charge is 2.51. The molecule has 0 aromatic heterocycles. The molecule has 114 valence electrons. The molecule has 21 heavy (non-hydrogen) atoms. The Hall–Kier alpha value is -1.40. The number of nitrogens with zero attached hydrogens (tertiary/aromatic N) is 1. The Bertz CT molecular complexity index is 481. The first-order chi connectivity index (χ1) is 10.0. The smallest absolute Gasteiger partial charge is 0.249 e. The summed E-state index contributed by atoms with van der Waals surface area (Å²) in [5.41, 5.74) is -0.285. The summed E-state index contributed by atoms with van der Waals surface area (Å²) in [6.45, 7) is -0.0869. The van der Waals surface area contributed by atoms with Gasteiger partial charge in [0, 0.05) is 12.1 Å². The number of carbonyl (C=O) groups excluding carboxylic acids is 2. The molecule has 3 N–H and O–H groups in total. The van der Waals surface area contributed by atoms with Gasteiger partial charge in [0.1, 0.15) is 12.8 Å². The average molecular weight is 291 g/mol. The van der Waals surface area contributed by atoms with E-state index in [1.165, 1.54) is 36.3 Å². The van der Waals surface area contributed by atoms with E-state index in [1.54, 1.807) is 0 Å². The van der Waals surface area contributed by atoms with E-state index in [0.717, 1.165) is 12.8 Å². The first-order valence-corrected chi connectivity index (χ1v) is 7.79. The van der Waals surface area contributed by atoms with Crippen LogP contribution in [0.5, 0.6) is 0 Å². The summed E-state index contributed by atoms with van der Waals surface area (Å²) in [6.07, 6.45) is 7.44. The minimum Gasteiger partial charge on any atom is -0.370 e. The van der Waals surface area contributed by atoms with E-state index >= 15 is 0 Å². The van der Waals surface area contributed by atoms with Crippen LogP contribution in [0, 0.1) is 11.8 Å². The molecule has 6 heteroatoms. The van der Waals surface area contributed by atoms with Gasteiger partial charge in [-0.05, 0) is 50.0 Å². The number of rotatable bonds is 3. The Balaban J connectivity index is 1.42. The Morgan fingerprint density at radius 3 is 2.67 bits per heavy atom. The lowest BCUT2D eigenvalue weighted by Crippen LogP contribution is -2.71. The van der Waals surface area contributed by atoms with Gasteiger partial charge >= 0.3 is 0 Å². The van der Waals surface area contributed by atoms with E-state index in [-0.39, 0.29) is 24.0 Å². The van der Waals surface area contributed by atoms with Gasteiger partial charge in [0.2, 0.25) is 11.8 Å². The molecule has 0 spiro atoms. The van der Waals surface area contributed by atoms with Crippen molar-refractivity contribution in [3.8, 4) is 0 Å². The highest BCUT2D eigenvalue weighted by Crippen LogP contribution is 2.48. The molecule has 0 aromatic carbocycles. The molecule has 4 fully saturated rings. The molecular formula is C15H21N3O3. The lowest BCUT2D eigenvalue weighted by Gasteiger charge is -2.57. The van der Waals surface area contributed by atoms with Crippen LogP contribution in [0.4, 0.5) is 0 Å². The van der Waals surface area contributed by atoms with Gasteiger partial charge in [-0.1, -0.05) is 0 Å². The van der Waals surface area contributed by atoms with Gasteiger partial charge in [0.25, 0.3) is 0 Å². The first kappa shape index (κ1) is 13.3. The fraction of sp³-hybridized carbons (Fsp3) is 0.733. The van der Waals surface area contributed by atoms with Crippen molar-refractivity contribution in [3.63, 3.8) is 0 Å². The van der Waals surface area contributed by atoms with Crippen LogP contribution in [-0.4, -0.2) is 46.3 Å². The summed E-state index contributed by atoms with van der Waals surface area (Å²) in [6, 6.07) is 0.525. The number of carbonyl (C=O) groups is 2. The molecule has 3 unspecified atom stereocenters. The Morgan fingerprint density at radius 1 is 1.38 bits per heavy atom. The summed E-state index contributed by atoms with van der Waals surface area (Å²) in [5, 5.41) is 16.4. The van der Waals surface area contributed by atoms with Crippen molar-refractivity contribution < 1.29 is 14.7 Å². The van der Waals surface area contributed by atoms with Crippen molar-refractivity contribution in [2.45, 2.75) is 50.0 Å². The molecule has 2 amide bonds. The summed E-state index contributed by atoms with van der Waals surface area (Å²) in [4.78, 5) is 25.0. The molecule has 0 aromatic rings. The van der Waals surface area contributed by atoms with Crippen molar-refractivity contribution in [2.75, 3.05) is 6.54 Å². The lowest BCUT2D eigenvalue weighted by atomic mass is 9.62. The van der Waals surface area contributed by atoms with Crippen molar-refractivity contribution in [1.82, 2.24) is 15.5 Å². The number of hydrogen-bond donors (Lipinski definition) is 3. The van der Waals surface area contributed by atoms with Gasteiger partial charge in [-0.15, -0.1) is 0 Å². The topological polar surface area (TPSA) is 81.7 Å². The maximum atomic E-state index is 12.3. The molecule has 3 heterocycles. The number of piperidine rings is 2. The summed E-state index contributed by atoms with van der Waals surface area (Å²) < 4.78 is 0. The van der Waals surface area contributed by atoms with Crippen LogP contribution >= 0.6 is 0 Å². The van der Waals surface area contributed by atoms with E-state index in [9.17, 15) is 14.7 Å². The second kappa shape index (κ2) is 4.55. The zero-order chi connectivity index (χ0) is 14.6. The molecule has 2 saturated heterocycles. The van der Waals surface area contributed by atoms with Gasteiger partial charge in [-0.25, -0.2) is 0 Å². The average Bonchev–Trinajstić information content (AvgIpc) is 2.68. The summed E-state index contributed by atoms with van der Waals surface area (Å²) in [5.74, 6) is 0.922. The molecule has 2 aliphatic carbocycles. The number of amides is 2. The van der Waals surface area contributed by atoms with Crippen LogP contribution in [0.3, 0.4) is 0 Å². The SMILES string of the molecule is O=C(CN1C(=O)C=CC1O)NC12CC3CC(CC(C3)N1)C2. The van der Waals surface area contributed by atoms with Crippen LogP contribution < -0.4 is 10.6 Å². The molecular weight excluding hydrogens is 270 g/mol. The molecule has 5 rings (SSSR count). The quantitative estimate of drug-likeness (QED) is 0.667. The lowest BCUT2D eigenvalue weighted by molar-refractivity contribution is -0.140. The second-order valence-corrected chi connectivity index (χ2v) is 7.06. The summed E-state index contributed by atoms with van der Waals surface area (Å²) >= 11 is 0. The highest BCUT2D eigenvalue weighted by molar-refractivity contribution is 5.93. The van der Waals surface area contributed by atoms with Gasteiger partial charge in [0.15, 0.2) is 0 Å². The third kappa shape index (κ3) is 2.26. The van der Waals surface area contributed by atoms with Crippen molar-refractivity contribution in [2.24, 2.45) is 11.8 Å². The molecule has 5 aliphatic rings. The normalized spacial score (nSPS) is 43.7. The molecule has 3 atom stereocenters. The van der Waals surface area contributed by atoms with E-state index in [0.29, 0.717) is 17.9 Å². The van der Waals surface area contributed by atoms with Crippen molar-refractivity contribution in [3.05, 3.63) is 12.2 Å². The van der Waals surface area contributed by atoms with E-state index < -0.39 is 6.23 Å². The predicted octanol–water partition coefficient (Wildman–Crippen LogP) is -0.302. The number of hydrogen-bond acceptors (Lipinski definition) is 4. The summed E-state index contributed by atoms with van der Waals surface area (Å²) in [7, 11) is 0. The van der Waals surface area contributed by atoms with Crippen LogP contribution in [0.1, 0.15) is 32.1 Å². The Morgan fingerprint density at radius 2 is 2.10 bits per heavy atom. The maximum absolute atomic E-state index is 12.3. The fourth-order valence-corrected chi connectivity index (χ4v) is 4.86. The minimum absolute atomic E-state index is 0.0869. The number of aliphatic hydroxyl groups excluding tert-OH is 1. The van der Waals surface area contributed by atoms with E-state index in [1.807, 2.05) is 0 Å². The first-order valence-electron chi connectivity index (χ1n) is 7.79. The highest BCUT2D eigenvalue weighted by atomic mass is 16.3. The van der Waals surface area contributed by atoms with Gasteiger partial charge in [0.05, 0.1) is 5.66 Å². The molecule has 2 saturated carbocycles. The number of nitrogens with one attached hydrogen (secondary N) is 2. The third-order valence-corrected chi connectivity index (χ3v) is 5.36. The monoisotopic (exact) mass is 291 g/mol. The van der Waals surface area contributed by atoms with Gasteiger partial charge in [-0.3, -0.25) is 14.9 Å². The van der Waals surface area contributed by atoms with Crippen molar-refractivity contribution in [1.29, 1.82) is 0 Å². The zero-order valence-corrected chi connectivity index (χ0v) is 11.9. The largest absolute Gasteiger partial charge is 0.370 e. The zero-order valence-electron chi connectivity index (χ0n) is 11.9. The van der Waals surface area contributed by atoms with Gasteiger partial charge < -0.3 is 15.3 Å². The number of aliphatic hydroxyl groups is 1. The van der Waals surface area contributed by atoms with Gasteiger partial charge in [-0.2, -0.15) is 0 Å². The van der Waals surface area contributed by atoms with Crippen LogP contribution in [0.2, 0.25) is 0 Å². The Labute approximate surface area is 123 Å². The molecule has 0 radical (unpaired) electrons. The molecule has 4 bridgehead atoms. The molecule has 3 aliphatic heterocycles. The molecule has 6 nitrogen and oxygen atoms in total. The fourth-order valence-electron chi connectivity index (χ4n) is 4.86. The van der Waals surface area contributed by atoms with Crippen LogP contribution in [0.15, 0.2) is 12.2 Å².